The molecular formula is C62H73BN2O. The number of benzene rings is 6. The van der Waals surface area contributed by atoms with Gasteiger partial charge in [-0.05, 0) is 149 Å². The molecule has 0 bridgehead atoms. The second kappa shape index (κ2) is 14.6. The molecule has 10 rings (SSSR count). The Morgan fingerprint density at radius 2 is 1.06 bits per heavy atom. The lowest BCUT2D eigenvalue weighted by Gasteiger charge is -2.50. The monoisotopic (exact) mass is 873 g/mol. The van der Waals surface area contributed by atoms with Crippen LogP contribution >= 0.6 is 0 Å². The predicted octanol–water partition coefficient (Wildman–Crippen LogP) is 15.5. The van der Waals surface area contributed by atoms with E-state index in [0.717, 1.165) is 18.6 Å². The molecule has 6 aromatic rings. The van der Waals surface area contributed by atoms with Crippen LogP contribution in [0.15, 0.2) is 115 Å². The summed E-state index contributed by atoms with van der Waals surface area (Å²) in [6.45, 7) is 38.0. The van der Waals surface area contributed by atoms with Crippen molar-refractivity contribution in [3.8, 4) is 16.9 Å². The Kier molecular flexibility index (Phi) is 9.90. The van der Waals surface area contributed by atoms with E-state index in [4.69, 9.17) is 4.74 Å². The van der Waals surface area contributed by atoms with Crippen LogP contribution in [0.25, 0.3) is 11.1 Å². The topological polar surface area (TPSA) is 15.7 Å². The Hall–Kier alpha value is -5.22. The molecule has 2 atom stereocenters. The smallest absolute Gasteiger partial charge is 0.231 e. The molecule has 0 fully saturated rings. The molecule has 3 aliphatic heterocycles. The Morgan fingerprint density at radius 1 is 0.515 bits per heavy atom. The van der Waals surface area contributed by atoms with Gasteiger partial charge in [0.1, 0.15) is 5.75 Å². The summed E-state index contributed by atoms with van der Waals surface area (Å²) >= 11 is 0. The maximum Gasteiger partial charge on any atom is 0.231 e. The van der Waals surface area contributed by atoms with Gasteiger partial charge < -0.3 is 14.5 Å². The van der Waals surface area contributed by atoms with Crippen LogP contribution in [0.5, 0.6) is 5.75 Å². The Bertz CT molecular complexity index is 2890. The normalized spacial score (nSPS) is 19.4. The maximum atomic E-state index is 7.47. The first-order chi connectivity index (χ1) is 30.7. The molecule has 4 aliphatic rings. The number of anilines is 5. The standard InChI is InChI=1S/C62H73BN2O/c1-57(2,3)39-22-26-43(27-23-39)64-51-34-42(60(10,11)12)35-52-55(51)63(54-45-33-41(59(7,8)9)25-29-53(45)66-56(54)64)48-36-46-47(62(15,16)31-30-61(46,13)14)37-50(48)65(52)49-28-24-40(58(4,5)6)32-44(49)38-20-18-17-19-21-38/h17-29,32-37,54,56H,30-31H2,1-16H3. The summed E-state index contributed by atoms with van der Waals surface area (Å²) in [5.41, 5.74) is 21.1. The van der Waals surface area contributed by atoms with Crippen LogP contribution in [-0.4, -0.2) is 12.9 Å². The molecule has 4 heteroatoms. The molecule has 6 aromatic carbocycles. The fourth-order valence-corrected chi connectivity index (χ4v) is 11.6. The molecule has 3 nitrogen and oxygen atoms in total. The summed E-state index contributed by atoms with van der Waals surface area (Å²) in [6, 6.07) is 45.4. The number of hydrogen-bond donors (Lipinski definition) is 0. The summed E-state index contributed by atoms with van der Waals surface area (Å²) < 4.78 is 7.47. The molecule has 0 N–H and O–H groups in total. The first-order valence-electron chi connectivity index (χ1n) is 24.8. The zero-order chi connectivity index (χ0) is 47.3. The highest BCUT2D eigenvalue weighted by atomic mass is 16.5. The van der Waals surface area contributed by atoms with Gasteiger partial charge in [-0.1, -0.05) is 178 Å². The zero-order valence-corrected chi connectivity index (χ0v) is 42.9. The summed E-state index contributed by atoms with van der Waals surface area (Å²) in [7, 11) is 0. The van der Waals surface area contributed by atoms with Crippen molar-refractivity contribution < 1.29 is 4.74 Å². The number of nitrogens with zero attached hydrogens (tertiary/aromatic N) is 2. The third-order valence-electron chi connectivity index (χ3n) is 16.0. The van der Waals surface area contributed by atoms with Crippen molar-refractivity contribution in [2.75, 3.05) is 9.80 Å². The second-order valence-electron chi connectivity index (χ2n) is 25.8. The molecule has 2 unspecified atom stereocenters. The fourth-order valence-electron chi connectivity index (χ4n) is 11.6. The van der Waals surface area contributed by atoms with E-state index in [1.165, 1.54) is 89.4 Å². The van der Waals surface area contributed by atoms with Gasteiger partial charge in [0.2, 0.25) is 6.71 Å². The molecule has 0 aromatic heterocycles. The molecule has 340 valence electrons. The average Bonchev–Trinajstić information content (AvgIpc) is 3.62. The fraction of sp³-hybridized carbons (Fsp3) is 0.419. The van der Waals surface area contributed by atoms with Crippen LogP contribution in [0.1, 0.15) is 168 Å². The van der Waals surface area contributed by atoms with Gasteiger partial charge in [0.05, 0.1) is 5.69 Å². The van der Waals surface area contributed by atoms with E-state index in [1.54, 1.807) is 0 Å². The Balaban J connectivity index is 1.37. The molecule has 66 heavy (non-hydrogen) atoms. The van der Waals surface area contributed by atoms with Crippen LogP contribution in [0.4, 0.5) is 28.4 Å². The third-order valence-corrected chi connectivity index (χ3v) is 16.0. The predicted molar refractivity (Wildman–Crippen MR) is 284 cm³/mol. The molecular weight excluding hydrogens is 800 g/mol. The van der Waals surface area contributed by atoms with Crippen molar-refractivity contribution in [1.29, 1.82) is 0 Å². The minimum Gasteiger partial charge on any atom is -0.470 e. The molecule has 0 radical (unpaired) electrons. The van der Waals surface area contributed by atoms with Crippen molar-refractivity contribution in [2.45, 2.75) is 168 Å². The van der Waals surface area contributed by atoms with Crippen LogP contribution in [0, 0.1) is 0 Å². The zero-order valence-electron chi connectivity index (χ0n) is 42.9. The van der Waals surface area contributed by atoms with E-state index in [1.807, 2.05) is 0 Å². The highest BCUT2D eigenvalue weighted by Gasteiger charge is 2.56. The number of ether oxygens (including phenoxy) is 1. The van der Waals surface area contributed by atoms with Crippen molar-refractivity contribution in [2.24, 2.45) is 0 Å². The first kappa shape index (κ1) is 44.6. The van der Waals surface area contributed by atoms with E-state index >= 15 is 0 Å². The van der Waals surface area contributed by atoms with Crippen molar-refractivity contribution in [3.05, 3.63) is 154 Å². The van der Waals surface area contributed by atoms with Gasteiger partial charge in [0.25, 0.3) is 0 Å². The number of rotatable bonds is 3. The largest absolute Gasteiger partial charge is 0.470 e. The van der Waals surface area contributed by atoms with Gasteiger partial charge in [-0.15, -0.1) is 0 Å². The van der Waals surface area contributed by atoms with E-state index in [9.17, 15) is 0 Å². The molecule has 3 heterocycles. The molecule has 0 saturated heterocycles. The number of hydrogen-bond acceptors (Lipinski definition) is 3. The van der Waals surface area contributed by atoms with Crippen molar-refractivity contribution >= 4 is 46.1 Å². The summed E-state index contributed by atoms with van der Waals surface area (Å²) in [5, 5.41) is 0. The molecule has 0 spiro atoms. The second-order valence-corrected chi connectivity index (χ2v) is 25.8. The maximum absolute atomic E-state index is 7.47. The molecule has 0 saturated carbocycles. The highest BCUT2D eigenvalue weighted by molar-refractivity contribution is 6.91. The van der Waals surface area contributed by atoms with Crippen LogP contribution < -0.4 is 25.5 Å². The first-order valence-corrected chi connectivity index (χ1v) is 24.8. The minimum absolute atomic E-state index is 0.0159. The SMILES string of the molecule is CC(C)(C)c1ccc(N2c3cc(C(C)(C)C)cc4c3B(c3cc5c(cc3N4c3ccc(C(C)(C)C)cc3-c3ccccc3)C(C)(C)CCC5(C)C)C3c4cc(C(C)(C)C)ccc4OC32)cc1. The Morgan fingerprint density at radius 3 is 1.67 bits per heavy atom. The lowest BCUT2D eigenvalue weighted by molar-refractivity contribution is 0.232. The van der Waals surface area contributed by atoms with E-state index < -0.39 is 0 Å². The van der Waals surface area contributed by atoms with E-state index in [0.29, 0.717) is 0 Å². The van der Waals surface area contributed by atoms with Gasteiger partial charge in [-0.25, -0.2) is 0 Å². The lowest BCUT2D eigenvalue weighted by Crippen LogP contribution is -2.63. The summed E-state index contributed by atoms with van der Waals surface area (Å²) in [6.07, 6.45) is 2.07. The minimum atomic E-state index is -0.248. The van der Waals surface area contributed by atoms with Gasteiger partial charge in [0, 0.05) is 34.1 Å². The van der Waals surface area contributed by atoms with Gasteiger partial charge in [0.15, 0.2) is 6.23 Å². The third kappa shape index (κ3) is 7.14. The van der Waals surface area contributed by atoms with Crippen LogP contribution in [-0.2, 0) is 32.5 Å². The van der Waals surface area contributed by atoms with Crippen LogP contribution in [0.2, 0.25) is 0 Å². The van der Waals surface area contributed by atoms with E-state index in [-0.39, 0.29) is 51.2 Å². The molecule has 1 aliphatic carbocycles. The quantitative estimate of drug-likeness (QED) is 0.165. The van der Waals surface area contributed by atoms with Crippen molar-refractivity contribution in [1.82, 2.24) is 0 Å². The summed E-state index contributed by atoms with van der Waals surface area (Å²) in [4.78, 5) is 5.30. The number of fused-ring (bicyclic) bond motifs is 7. The van der Waals surface area contributed by atoms with Gasteiger partial charge in [-0.2, -0.15) is 0 Å². The van der Waals surface area contributed by atoms with E-state index in [2.05, 4.69) is 236 Å². The molecule has 0 amide bonds. The Labute approximate surface area is 398 Å². The van der Waals surface area contributed by atoms with Crippen LogP contribution in [0.3, 0.4) is 0 Å². The summed E-state index contributed by atoms with van der Waals surface area (Å²) in [5.74, 6) is 1.04. The highest BCUT2D eigenvalue weighted by Crippen LogP contribution is 2.56. The lowest BCUT2D eigenvalue weighted by atomic mass is 9.29. The van der Waals surface area contributed by atoms with Gasteiger partial charge in [-0.3, -0.25) is 0 Å². The average molecular weight is 873 g/mol. The van der Waals surface area contributed by atoms with Crippen molar-refractivity contribution in [3.63, 3.8) is 0 Å². The van der Waals surface area contributed by atoms with Gasteiger partial charge >= 0.3 is 0 Å².